The third kappa shape index (κ3) is 2.86. The lowest BCUT2D eigenvalue weighted by Gasteiger charge is -2.10. The maximum absolute atomic E-state index is 12.4. The van der Waals surface area contributed by atoms with Gasteiger partial charge >= 0.3 is 5.69 Å². The molecule has 25 heavy (non-hydrogen) atoms. The quantitative estimate of drug-likeness (QED) is 0.759. The largest absolute Gasteiger partial charge is 0.332 e. The van der Waals surface area contributed by atoms with E-state index in [1.54, 1.807) is 0 Å². The van der Waals surface area contributed by atoms with Crippen LogP contribution in [0.3, 0.4) is 0 Å². The van der Waals surface area contributed by atoms with E-state index in [9.17, 15) is 14.4 Å². The highest BCUT2D eigenvalue weighted by Crippen LogP contribution is 2.16. The fourth-order valence-electron chi connectivity index (χ4n) is 2.82. The third-order valence-electron chi connectivity index (χ3n) is 4.19. The molecule has 2 heterocycles. The van der Waals surface area contributed by atoms with E-state index in [4.69, 9.17) is 0 Å². The van der Waals surface area contributed by atoms with Crippen LogP contribution in [0.15, 0.2) is 34.1 Å². The summed E-state index contributed by atoms with van der Waals surface area (Å²) in [5.74, 6) is -0.276. The molecule has 0 saturated carbocycles. The molecule has 130 valence electrons. The Morgan fingerprint density at radius 1 is 1.16 bits per heavy atom. The first kappa shape index (κ1) is 16.7. The monoisotopic (exact) mass is 341 g/mol. The number of fused-ring (bicyclic) bond motifs is 1. The summed E-state index contributed by atoms with van der Waals surface area (Å²) in [5.41, 5.74) is 2.34. The van der Waals surface area contributed by atoms with Crippen molar-refractivity contribution in [2.45, 2.75) is 20.4 Å². The lowest BCUT2D eigenvalue weighted by molar-refractivity contribution is -0.116. The van der Waals surface area contributed by atoms with Crippen molar-refractivity contribution in [3.63, 3.8) is 0 Å². The first-order valence-electron chi connectivity index (χ1n) is 7.77. The molecule has 1 amide bonds. The molecule has 8 nitrogen and oxygen atoms in total. The minimum atomic E-state index is -0.477. The van der Waals surface area contributed by atoms with Crippen LogP contribution in [0.2, 0.25) is 0 Å². The number of rotatable bonds is 3. The van der Waals surface area contributed by atoms with Crippen LogP contribution >= 0.6 is 0 Å². The lowest BCUT2D eigenvalue weighted by Crippen LogP contribution is -2.37. The fraction of sp³-hybridized carbons (Fsp3) is 0.294. The maximum atomic E-state index is 12.4. The van der Waals surface area contributed by atoms with Crippen LogP contribution in [-0.4, -0.2) is 24.6 Å². The normalized spacial score (nSPS) is 11.0. The summed E-state index contributed by atoms with van der Waals surface area (Å²) in [4.78, 5) is 40.8. The van der Waals surface area contributed by atoms with Gasteiger partial charge in [-0.2, -0.15) is 0 Å². The van der Waals surface area contributed by atoms with Crippen molar-refractivity contribution in [1.29, 1.82) is 0 Å². The van der Waals surface area contributed by atoms with E-state index in [0.29, 0.717) is 0 Å². The molecule has 0 saturated heterocycles. The Kier molecular flexibility index (Phi) is 4.03. The number of hydrogen-bond acceptors (Lipinski definition) is 4. The van der Waals surface area contributed by atoms with E-state index in [0.717, 1.165) is 21.4 Å². The van der Waals surface area contributed by atoms with E-state index in [1.165, 1.54) is 29.6 Å². The van der Waals surface area contributed by atoms with Crippen LogP contribution in [0.1, 0.15) is 11.1 Å². The van der Waals surface area contributed by atoms with Crippen LogP contribution in [-0.2, 0) is 25.4 Å². The number of benzene rings is 1. The number of carbonyl (C=O) groups excluding carboxylic acids is 1. The molecule has 0 radical (unpaired) electrons. The highest BCUT2D eigenvalue weighted by Gasteiger charge is 2.16. The van der Waals surface area contributed by atoms with Gasteiger partial charge in [0.1, 0.15) is 6.54 Å². The first-order chi connectivity index (χ1) is 11.8. The van der Waals surface area contributed by atoms with Gasteiger partial charge in [-0.25, -0.2) is 9.78 Å². The van der Waals surface area contributed by atoms with Crippen molar-refractivity contribution in [3.05, 3.63) is 56.5 Å². The molecule has 3 rings (SSSR count). The number of imidazole rings is 1. The van der Waals surface area contributed by atoms with Crippen molar-refractivity contribution in [2.75, 3.05) is 5.32 Å². The van der Waals surface area contributed by atoms with Crippen LogP contribution in [0.25, 0.3) is 11.2 Å². The predicted molar refractivity (Wildman–Crippen MR) is 94.8 cm³/mol. The summed E-state index contributed by atoms with van der Waals surface area (Å²) in [5, 5.41) is 2.84. The number of carbonyl (C=O) groups is 1. The summed E-state index contributed by atoms with van der Waals surface area (Å²) in [7, 11) is 2.94. The summed E-state index contributed by atoms with van der Waals surface area (Å²) < 4.78 is 3.74. The van der Waals surface area contributed by atoms with E-state index >= 15 is 0 Å². The van der Waals surface area contributed by atoms with Crippen molar-refractivity contribution >= 4 is 22.8 Å². The number of nitrogens with one attached hydrogen (secondary N) is 1. The zero-order valence-electron chi connectivity index (χ0n) is 14.5. The number of aryl methyl sites for hydroxylation is 3. The van der Waals surface area contributed by atoms with Crippen molar-refractivity contribution < 1.29 is 4.79 Å². The van der Waals surface area contributed by atoms with Crippen LogP contribution in [0.5, 0.6) is 0 Å². The summed E-state index contributed by atoms with van der Waals surface area (Å²) >= 11 is 0. The van der Waals surface area contributed by atoms with E-state index in [-0.39, 0.29) is 23.6 Å². The smallest absolute Gasteiger partial charge is 0.324 e. The van der Waals surface area contributed by atoms with Gasteiger partial charge in [0, 0.05) is 19.8 Å². The van der Waals surface area contributed by atoms with Crippen molar-refractivity contribution in [1.82, 2.24) is 18.7 Å². The minimum absolute atomic E-state index is 0.0722. The molecule has 0 bridgehead atoms. The Morgan fingerprint density at radius 2 is 1.88 bits per heavy atom. The molecular formula is C17H19N5O3. The Morgan fingerprint density at radius 3 is 2.56 bits per heavy atom. The molecule has 3 aromatic rings. The Hall–Kier alpha value is -3.16. The second-order valence-corrected chi connectivity index (χ2v) is 6.12. The van der Waals surface area contributed by atoms with Crippen LogP contribution in [0, 0.1) is 13.8 Å². The molecule has 0 fully saturated rings. The number of nitrogens with zero attached hydrogens (tertiary/aromatic N) is 4. The molecule has 8 heteroatoms. The van der Waals surface area contributed by atoms with Gasteiger partial charge in [0.2, 0.25) is 5.91 Å². The average molecular weight is 341 g/mol. The van der Waals surface area contributed by atoms with Gasteiger partial charge in [-0.1, -0.05) is 17.7 Å². The first-order valence-corrected chi connectivity index (χ1v) is 7.77. The zero-order chi connectivity index (χ0) is 18.3. The Balaban J connectivity index is 1.94. The molecule has 0 unspecified atom stereocenters. The molecule has 2 aromatic heterocycles. The second-order valence-electron chi connectivity index (χ2n) is 6.12. The molecule has 0 aliphatic carbocycles. The fourth-order valence-corrected chi connectivity index (χ4v) is 2.82. The standard InChI is InChI=1S/C17H19N5O3/c1-10-5-6-12(11(2)7-10)19-13(23)8-22-9-18-15-14(22)16(24)21(4)17(25)20(15)3/h5-7,9H,8H2,1-4H3,(H,19,23). The summed E-state index contributed by atoms with van der Waals surface area (Å²) in [6.45, 7) is 3.83. The highest BCUT2D eigenvalue weighted by atomic mass is 16.2. The molecule has 1 N–H and O–H groups in total. The Bertz CT molecular complexity index is 1100. The highest BCUT2D eigenvalue weighted by molar-refractivity contribution is 5.92. The maximum Gasteiger partial charge on any atom is 0.332 e. The number of aromatic nitrogens is 4. The van der Waals surface area contributed by atoms with Gasteiger partial charge in [0.05, 0.1) is 6.33 Å². The van der Waals surface area contributed by atoms with Gasteiger partial charge in [0.25, 0.3) is 5.56 Å². The topological polar surface area (TPSA) is 90.9 Å². The summed E-state index contributed by atoms with van der Waals surface area (Å²) in [6.07, 6.45) is 1.40. The number of anilines is 1. The molecule has 0 spiro atoms. The minimum Gasteiger partial charge on any atom is -0.324 e. The summed E-state index contributed by atoms with van der Waals surface area (Å²) in [6, 6.07) is 5.74. The van der Waals surface area contributed by atoms with Gasteiger partial charge in [-0.05, 0) is 25.5 Å². The van der Waals surface area contributed by atoms with E-state index in [1.807, 2.05) is 32.0 Å². The van der Waals surface area contributed by atoms with Crippen molar-refractivity contribution in [2.24, 2.45) is 14.1 Å². The predicted octanol–water partition coefficient (Wildman–Crippen LogP) is 0.689. The number of hydrogen-bond donors (Lipinski definition) is 1. The molecule has 0 aliphatic heterocycles. The average Bonchev–Trinajstić information content (AvgIpc) is 2.97. The molecule has 0 aliphatic rings. The van der Waals surface area contributed by atoms with Gasteiger partial charge < -0.3 is 9.88 Å². The SMILES string of the molecule is Cc1ccc(NC(=O)Cn2cnc3c2c(=O)n(C)c(=O)n3C)c(C)c1. The lowest BCUT2D eigenvalue weighted by atomic mass is 10.1. The second kappa shape index (κ2) is 6.04. The number of amides is 1. The van der Waals surface area contributed by atoms with Crippen LogP contribution < -0.4 is 16.6 Å². The van der Waals surface area contributed by atoms with Crippen LogP contribution in [0.4, 0.5) is 5.69 Å². The molecule has 1 aromatic carbocycles. The van der Waals surface area contributed by atoms with Gasteiger partial charge in [0.15, 0.2) is 11.2 Å². The van der Waals surface area contributed by atoms with Gasteiger partial charge in [-0.3, -0.25) is 18.7 Å². The van der Waals surface area contributed by atoms with Crippen molar-refractivity contribution in [3.8, 4) is 0 Å². The van der Waals surface area contributed by atoms with E-state index < -0.39 is 11.2 Å². The Labute approximate surface area is 143 Å². The third-order valence-corrected chi connectivity index (χ3v) is 4.19. The van der Waals surface area contributed by atoms with E-state index in [2.05, 4.69) is 10.3 Å². The van der Waals surface area contributed by atoms with Gasteiger partial charge in [-0.15, -0.1) is 0 Å². The zero-order valence-corrected chi connectivity index (χ0v) is 14.5. The molecular weight excluding hydrogens is 322 g/mol. The molecule has 0 atom stereocenters.